The molecule has 0 aliphatic heterocycles. The molecule has 0 heterocycles. The van der Waals surface area contributed by atoms with E-state index in [2.05, 4.69) is 0 Å². The molecule has 0 aromatic heterocycles. The number of carbonyl (C=O) groups is 1. The summed E-state index contributed by atoms with van der Waals surface area (Å²) < 4.78 is 5.44. The van der Waals surface area contributed by atoms with Gasteiger partial charge in [-0.05, 0) is 39.0 Å². The van der Waals surface area contributed by atoms with Crippen LogP contribution in [0.1, 0.15) is 36.7 Å². The second-order valence-electron chi connectivity index (χ2n) is 3.55. The largest absolute Gasteiger partial charge is 0.490 e. The summed E-state index contributed by atoms with van der Waals surface area (Å²) in [5, 5.41) is 8.90. The van der Waals surface area contributed by atoms with Crippen LogP contribution in [0.5, 0.6) is 5.75 Å². The zero-order chi connectivity index (χ0) is 11.4. The van der Waals surface area contributed by atoms with Gasteiger partial charge in [-0.1, -0.05) is 0 Å². The van der Waals surface area contributed by atoms with E-state index in [-0.39, 0.29) is 11.9 Å². The zero-order valence-corrected chi connectivity index (χ0v) is 9.07. The predicted octanol–water partition coefficient (Wildman–Crippen LogP) is 2.55. The zero-order valence-electron chi connectivity index (χ0n) is 9.07. The Morgan fingerprint density at radius 1 is 1.47 bits per heavy atom. The van der Waals surface area contributed by atoms with Gasteiger partial charge < -0.3 is 4.74 Å². The maximum absolute atomic E-state index is 11.1. The molecule has 0 spiro atoms. The summed E-state index contributed by atoms with van der Waals surface area (Å²) in [6.45, 7) is 5.25. The number of nitriles is 1. The summed E-state index contributed by atoms with van der Waals surface area (Å²) in [4.78, 5) is 11.1. The minimum Gasteiger partial charge on any atom is -0.490 e. The highest BCUT2D eigenvalue weighted by molar-refractivity contribution is 5.94. The summed E-state index contributed by atoms with van der Waals surface area (Å²) in [6.07, 6.45) is 0.0141. The van der Waals surface area contributed by atoms with E-state index in [0.717, 1.165) is 0 Å². The first-order valence-corrected chi connectivity index (χ1v) is 4.76. The molecule has 78 valence electrons. The molecule has 3 nitrogen and oxygen atoms in total. The van der Waals surface area contributed by atoms with E-state index >= 15 is 0 Å². The van der Waals surface area contributed by atoms with Gasteiger partial charge in [-0.25, -0.2) is 0 Å². The highest BCUT2D eigenvalue weighted by Crippen LogP contribution is 2.20. The fourth-order valence-corrected chi connectivity index (χ4v) is 1.19. The Morgan fingerprint density at radius 2 is 2.13 bits per heavy atom. The van der Waals surface area contributed by atoms with Gasteiger partial charge in [0.1, 0.15) is 11.8 Å². The minimum absolute atomic E-state index is 0.0141. The van der Waals surface area contributed by atoms with E-state index in [1.807, 2.05) is 19.9 Å². The van der Waals surface area contributed by atoms with E-state index in [4.69, 9.17) is 10.00 Å². The molecule has 0 unspecified atom stereocenters. The van der Waals surface area contributed by atoms with Crippen LogP contribution in [0.2, 0.25) is 0 Å². The summed E-state index contributed by atoms with van der Waals surface area (Å²) >= 11 is 0. The molecule has 0 saturated heterocycles. The molecule has 0 saturated carbocycles. The van der Waals surface area contributed by atoms with Crippen molar-refractivity contribution in [2.24, 2.45) is 0 Å². The average molecular weight is 203 g/mol. The first-order valence-electron chi connectivity index (χ1n) is 4.76. The number of nitrogens with zero attached hydrogens (tertiary/aromatic N) is 1. The lowest BCUT2D eigenvalue weighted by Gasteiger charge is -2.11. The summed E-state index contributed by atoms with van der Waals surface area (Å²) in [5.74, 6) is 0.472. The third-order valence-electron chi connectivity index (χ3n) is 1.87. The molecule has 1 aromatic rings. The molecule has 0 aliphatic carbocycles. The molecular formula is C12H13NO2. The van der Waals surface area contributed by atoms with Crippen LogP contribution in [0.25, 0.3) is 0 Å². The van der Waals surface area contributed by atoms with Gasteiger partial charge in [0.05, 0.1) is 11.7 Å². The van der Waals surface area contributed by atoms with Crippen LogP contribution in [0.4, 0.5) is 0 Å². The van der Waals surface area contributed by atoms with Crippen molar-refractivity contribution in [1.82, 2.24) is 0 Å². The van der Waals surface area contributed by atoms with Gasteiger partial charge in [-0.2, -0.15) is 5.26 Å². The lowest BCUT2D eigenvalue weighted by Crippen LogP contribution is -2.07. The lowest BCUT2D eigenvalue weighted by molar-refractivity contribution is 0.101. The molecule has 0 radical (unpaired) electrons. The molecule has 15 heavy (non-hydrogen) atoms. The fourth-order valence-electron chi connectivity index (χ4n) is 1.19. The van der Waals surface area contributed by atoms with Gasteiger partial charge in [-0.15, -0.1) is 0 Å². The van der Waals surface area contributed by atoms with Gasteiger partial charge in [0.2, 0.25) is 0 Å². The number of rotatable bonds is 3. The predicted molar refractivity (Wildman–Crippen MR) is 56.9 cm³/mol. The summed E-state index contributed by atoms with van der Waals surface area (Å²) in [6, 6.07) is 6.90. The van der Waals surface area contributed by atoms with Gasteiger partial charge in [-0.3, -0.25) is 4.79 Å². The van der Waals surface area contributed by atoms with E-state index in [0.29, 0.717) is 16.9 Å². The monoisotopic (exact) mass is 203 g/mol. The molecule has 0 aliphatic rings. The van der Waals surface area contributed by atoms with Gasteiger partial charge in [0, 0.05) is 5.56 Å². The smallest absolute Gasteiger partial charge is 0.159 e. The maximum atomic E-state index is 11.1. The average Bonchev–Trinajstić information content (AvgIpc) is 2.17. The Bertz CT molecular complexity index is 416. The molecule has 0 atom stereocenters. The Labute approximate surface area is 89.3 Å². The van der Waals surface area contributed by atoms with Crippen LogP contribution >= 0.6 is 0 Å². The van der Waals surface area contributed by atoms with Crippen LogP contribution in [0.3, 0.4) is 0 Å². The van der Waals surface area contributed by atoms with Crippen molar-refractivity contribution >= 4 is 5.78 Å². The van der Waals surface area contributed by atoms with Gasteiger partial charge >= 0.3 is 0 Å². The van der Waals surface area contributed by atoms with E-state index in [1.165, 1.54) is 6.92 Å². The van der Waals surface area contributed by atoms with Gasteiger partial charge in [0.25, 0.3) is 0 Å². The Hall–Kier alpha value is -1.82. The Morgan fingerprint density at radius 3 is 2.60 bits per heavy atom. The second-order valence-corrected chi connectivity index (χ2v) is 3.55. The maximum Gasteiger partial charge on any atom is 0.159 e. The molecule has 0 amide bonds. The topological polar surface area (TPSA) is 50.1 Å². The van der Waals surface area contributed by atoms with Crippen molar-refractivity contribution in [3.8, 4) is 11.8 Å². The number of benzene rings is 1. The van der Waals surface area contributed by atoms with E-state index < -0.39 is 0 Å². The Balaban J connectivity index is 3.11. The number of hydrogen-bond donors (Lipinski definition) is 0. The quantitative estimate of drug-likeness (QED) is 0.709. The van der Waals surface area contributed by atoms with Crippen LogP contribution in [-0.2, 0) is 0 Å². The lowest BCUT2D eigenvalue weighted by atomic mass is 10.1. The van der Waals surface area contributed by atoms with Crippen molar-refractivity contribution in [3.05, 3.63) is 29.3 Å². The van der Waals surface area contributed by atoms with Crippen LogP contribution in [-0.4, -0.2) is 11.9 Å². The highest BCUT2D eigenvalue weighted by atomic mass is 16.5. The number of hydrogen-bond acceptors (Lipinski definition) is 3. The van der Waals surface area contributed by atoms with E-state index in [9.17, 15) is 4.79 Å². The fraction of sp³-hybridized carbons (Fsp3) is 0.333. The Kier molecular flexibility index (Phi) is 3.46. The third kappa shape index (κ3) is 2.81. The first-order chi connectivity index (χ1) is 7.04. The number of ether oxygens (including phenoxy) is 1. The highest BCUT2D eigenvalue weighted by Gasteiger charge is 2.08. The van der Waals surface area contributed by atoms with Crippen molar-refractivity contribution < 1.29 is 9.53 Å². The van der Waals surface area contributed by atoms with Crippen molar-refractivity contribution in [2.45, 2.75) is 26.9 Å². The molecule has 0 N–H and O–H groups in total. The SMILES string of the molecule is CC(=O)c1ccc(OC(C)C)c(C#N)c1. The third-order valence-corrected chi connectivity index (χ3v) is 1.87. The molecule has 3 heteroatoms. The molecule has 1 aromatic carbocycles. The standard InChI is InChI=1S/C12H13NO2/c1-8(2)15-12-5-4-10(9(3)14)6-11(12)7-13/h4-6,8H,1-3H3. The number of ketones is 1. The van der Waals surface area contributed by atoms with Crippen LogP contribution in [0.15, 0.2) is 18.2 Å². The van der Waals surface area contributed by atoms with Crippen molar-refractivity contribution in [2.75, 3.05) is 0 Å². The summed E-state index contributed by atoms with van der Waals surface area (Å²) in [7, 11) is 0. The van der Waals surface area contributed by atoms with Gasteiger partial charge in [0.15, 0.2) is 5.78 Å². The first kappa shape index (κ1) is 11.3. The van der Waals surface area contributed by atoms with Crippen LogP contribution < -0.4 is 4.74 Å². The molecule has 1 rings (SSSR count). The van der Waals surface area contributed by atoms with E-state index in [1.54, 1.807) is 18.2 Å². The molecular weight excluding hydrogens is 190 g/mol. The van der Waals surface area contributed by atoms with Crippen molar-refractivity contribution in [3.63, 3.8) is 0 Å². The van der Waals surface area contributed by atoms with Crippen molar-refractivity contribution in [1.29, 1.82) is 5.26 Å². The normalized spacial score (nSPS) is 9.80. The molecule has 0 fully saturated rings. The molecule has 0 bridgehead atoms. The van der Waals surface area contributed by atoms with Crippen LogP contribution in [0, 0.1) is 11.3 Å². The number of Topliss-reactive ketones (excluding diaryl/α,β-unsaturated/α-hetero) is 1. The number of carbonyl (C=O) groups excluding carboxylic acids is 1. The summed E-state index contributed by atoms with van der Waals surface area (Å²) in [5.41, 5.74) is 0.930. The minimum atomic E-state index is -0.0532. The second kappa shape index (κ2) is 4.61.